The molecule has 0 aromatic heterocycles. The fraction of sp³-hybridized carbons (Fsp3) is 0.889. The lowest BCUT2D eigenvalue weighted by Crippen LogP contribution is -2.66. The van der Waals surface area contributed by atoms with Crippen LogP contribution in [0.15, 0.2) is 0 Å². The Labute approximate surface area is 145 Å². The molecule has 1 aliphatic heterocycles. The molecule has 1 N–H and O–H groups in total. The Bertz CT molecular complexity index is 456. The van der Waals surface area contributed by atoms with Gasteiger partial charge in [0.25, 0.3) is 0 Å². The predicted molar refractivity (Wildman–Crippen MR) is 93.6 cm³/mol. The summed E-state index contributed by atoms with van der Waals surface area (Å²) in [6.45, 7) is 10.5. The van der Waals surface area contributed by atoms with Gasteiger partial charge in [0, 0.05) is 51.7 Å². The first-order chi connectivity index (χ1) is 11.4. The van der Waals surface area contributed by atoms with Crippen molar-refractivity contribution in [3.05, 3.63) is 0 Å². The molecule has 24 heavy (non-hydrogen) atoms. The molecule has 6 heteroatoms. The van der Waals surface area contributed by atoms with E-state index in [1.165, 1.54) is 0 Å². The van der Waals surface area contributed by atoms with Crippen LogP contribution in [-0.4, -0.2) is 73.1 Å². The molecule has 0 bridgehead atoms. The maximum Gasteiger partial charge on any atom is 0.239 e. The van der Waals surface area contributed by atoms with E-state index in [-0.39, 0.29) is 29.4 Å². The van der Waals surface area contributed by atoms with E-state index in [9.17, 15) is 9.59 Å². The van der Waals surface area contributed by atoms with Crippen molar-refractivity contribution in [2.45, 2.75) is 65.1 Å². The zero-order valence-electron chi connectivity index (χ0n) is 15.8. The smallest absolute Gasteiger partial charge is 0.239 e. The second kappa shape index (κ2) is 7.83. The average molecular weight is 339 g/mol. The van der Waals surface area contributed by atoms with Crippen molar-refractivity contribution in [2.75, 3.05) is 33.3 Å². The first-order valence-corrected chi connectivity index (χ1v) is 9.22. The topological polar surface area (TPSA) is 61.9 Å². The summed E-state index contributed by atoms with van der Waals surface area (Å²) >= 11 is 0. The Balaban J connectivity index is 1.89. The van der Waals surface area contributed by atoms with Gasteiger partial charge in [0.2, 0.25) is 11.8 Å². The molecule has 1 heterocycles. The zero-order valence-corrected chi connectivity index (χ0v) is 15.8. The number of nitrogens with zero attached hydrogens (tertiary/aromatic N) is 2. The van der Waals surface area contributed by atoms with Crippen molar-refractivity contribution < 1.29 is 14.3 Å². The minimum atomic E-state index is -0.200. The maximum atomic E-state index is 12.7. The SMILES string of the molecule is CCC1(CC)C(NC(C)C(=O)N2CCN(C(C)=O)CC2)CC1OC. The highest BCUT2D eigenvalue weighted by molar-refractivity contribution is 5.82. The number of rotatable bonds is 6. The molecule has 0 aromatic rings. The van der Waals surface area contributed by atoms with Gasteiger partial charge >= 0.3 is 0 Å². The van der Waals surface area contributed by atoms with E-state index >= 15 is 0 Å². The minimum absolute atomic E-state index is 0.0871. The normalized spacial score (nSPS) is 27.5. The summed E-state index contributed by atoms with van der Waals surface area (Å²) in [5.41, 5.74) is 0.136. The van der Waals surface area contributed by atoms with E-state index in [2.05, 4.69) is 19.2 Å². The summed E-state index contributed by atoms with van der Waals surface area (Å²) in [6, 6.07) is 0.129. The van der Waals surface area contributed by atoms with Gasteiger partial charge in [-0.15, -0.1) is 0 Å². The van der Waals surface area contributed by atoms with Gasteiger partial charge in [0.15, 0.2) is 0 Å². The molecule has 2 fully saturated rings. The van der Waals surface area contributed by atoms with Gasteiger partial charge in [-0.05, 0) is 26.2 Å². The Morgan fingerprint density at radius 3 is 2.17 bits per heavy atom. The number of hydrogen-bond acceptors (Lipinski definition) is 4. The van der Waals surface area contributed by atoms with Crippen LogP contribution in [0.25, 0.3) is 0 Å². The summed E-state index contributed by atoms with van der Waals surface area (Å²) in [6.07, 6.45) is 3.36. The molecule has 3 unspecified atom stereocenters. The van der Waals surface area contributed by atoms with Crippen LogP contribution in [0.4, 0.5) is 0 Å². The Kier molecular flexibility index (Phi) is 6.26. The quantitative estimate of drug-likeness (QED) is 0.791. The van der Waals surface area contributed by atoms with Gasteiger partial charge in [0.05, 0.1) is 12.1 Å². The molecular formula is C18H33N3O3. The average Bonchev–Trinajstić information content (AvgIpc) is 2.58. The van der Waals surface area contributed by atoms with Crippen LogP contribution in [0.2, 0.25) is 0 Å². The molecule has 2 rings (SSSR count). The molecule has 1 saturated heterocycles. The van der Waals surface area contributed by atoms with Gasteiger partial charge in [-0.2, -0.15) is 0 Å². The number of ether oxygens (including phenoxy) is 1. The molecule has 6 nitrogen and oxygen atoms in total. The van der Waals surface area contributed by atoms with Crippen LogP contribution in [0.3, 0.4) is 0 Å². The van der Waals surface area contributed by atoms with E-state index in [0.29, 0.717) is 32.2 Å². The van der Waals surface area contributed by atoms with Gasteiger partial charge in [0.1, 0.15) is 0 Å². The Morgan fingerprint density at radius 1 is 1.17 bits per heavy atom. The van der Waals surface area contributed by atoms with Crippen LogP contribution >= 0.6 is 0 Å². The number of hydrogen-bond donors (Lipinski definition) is 1. The molecular weight excluding hydrogens is 306 g/mol. The molecule has 2 amide bonds. The summed E-state index contributed by atoms with van der Waals surface area (Å²) in [7, 11) is 1.78. The number of methoxy groups -OCH3 is 1. The summed E-state index contributed by atoms with van der Waals surface area (Å²) in [5, 5.41) is 3.55. The highest BCUT2D eigenvalue weighted by Crippen LogP contribution is 2.48. The predicted octanol–water partition coefficient (Wildman–Crippen LogP) is 1.25. The number of amides is 2. The molecule has 1 aliphatic carbocycles. The van der Waals surface area contributed by atoms with Gasteiger partial charge < -0.3 is 19.9 Å². The molecule has 0 radical (unpaired) electrons. The fourth-order valence-corrected chi connectivity index (χ4v) is 4.40. The van der Waals surface area contributed by atoms with E-state index in [1.54, 1.807) is 18.9 Å². The van der Waals surface area contributed by atoms with E-state index in [0.717, 1.165) is 19.3 Å². The third kappa shape index (κ3) is 3.45. The van der Waals surface area contributed by atoms with E-state index < -0.39 is 0 Å². The minimum Gasteiger partial charge on any atom is -0.381 e. The highest BCUT2D eigenvalue weighted by Gasteiger charge is 2.53. The monoisotopic (exact) mass is 339 g/mol. The lowest BCUT2D eigenvalue weighted by atomic mass is 9.58. The number of carbonyl (C=O) groups is 2. The summed E-state index contributed by atoms with van der Waals surface area (Å²) < 4.78 is 5.63. The van der Waals surface area contributed by atoms with Gasteiger partial charge in [-0.3, -0.25) is 9.59 Å². The van der Waals surface area contributed by atoms with E-state index in [4.69, 9.17) is 4.74 Å². The third-order valence-electron chi connectivity index (χ3n) is 6.24. The third-order valence-corrected chi connectivity index (χ3v) is 6.24. The lowest BCUT2D eigenvalue weighted by Gasteiger charge is -2.56. The molecule has 0 spiro atoms. The van der Waals surface area contributed by atoms with Gasteiger partial charge in [-0.1, -0.05) is 13.8 Å². The second-order valence-corrected chi connectivity index (χ2v) is 7.17. The number of piperazine rings is 1. The maximum absolute atomic E-state index is 12.7. The summed E-state index contributed by atoms with van der Waals surface area (Å²) in [4.78, 5) is 27.8. The Morgan fingerprint density at radius 2 is 1.71 bits per heavy atom. The van der Waals surface area contributed by atoms with Crippen molar-refractivity contribution in [1.29, 1.82) is 0 Å². The zero-order chi connectivity index (χ0) is 17.9. The van der Waals surface area contributed by atoms with Crippen molar-refractivity contribution in [2.24, 2.45) is 5.41 Å². The van der Waals surface area contributed by atoms with Crippen LogP contribution in [-0.2, 0) is 14.3 Å². The first-order valence-electron chi connectivity index (χ1n) is 9.22. The fourth-order valence-electron chi connectivity index (χ4n) is 4.40. The Hall–Kier alpha value is -1.14. The van der Waals surface area contributed by atoms with Crippen molar-refractivity contribution in [3.63, 3.8) is 0 Å². The largest absolute Gasteiger partial charge is 0.381 e. The van der Waals surface area contributed by atoms with Crippen LogP contribution in [0.1, 0.15) is 47.0 Å². The van der Waals surface area contributed by atoms with Crippen LogP contribution in [0.5, 0.6) is 0 Å². The van der Waals surface area contributed by atoms with Crippen molar-refractivity contribution >= 4 is 11.8 Å². The van der Waals surface area contributed by atoms with E-state index in [1.807, 2.05) is 11.8 Å². The molecule has 138 valence electrons. The number of nitrogens with one attached hydrogen (secondary N) is 1. The van der Waals surface area contributed by atoms with Gasteiger partial charge in [-0.25, -0.2) is 0 Å². The number of carbonyl (C=O) groups excluding carboxylic acids is 2. The second-order valence-electron chi connectivity index (χ2n) is 7.17. The molecule has 3 atom stereocenters. The molecule has 0 aromatic carbocycles. The van der Waals surface area contributed by atoms with Crippen LogP contribution in [0, 0.1) is 5.41 Å². The van der Waals surface area contributed by atoms with Crippen molar-refractivity contribution in [1.82, 2.24) is 15.1 Å². The highest BCUT2D eigenvalue weighted by atomic mass is 16.5. The van der Waals surface area contributed by atoms with Crippen molar-refractivity contribution in [3.8, 4) is 0 Å². The standard InChI is InChI=1S/C18H33N3O3/c1-6-18(7-2)15(12-16(18)24-5)19-13(3)17(23)21-10-8-20(9-11-21)14(4)22/h13,15-16,19H,6-12H2,1-5H3. The lowest BCUT2D eigenvalue weighted by molar-refractivity contribution is -0.144. The van der Waals surface area contributed by atoms with Crippen LogP contribution < -0.4 is 5.32 Å². The molecule has 1 saturated carbocycles. The first kappa shape index (κ1) is 19.2. The molecule has 2 aliphatic rings. The summed E-state index contributed by atoms with van der Waals surface area (Å²) in [5.74, 6) is 0.226.